The zero-order valence-electron chi connectivity index (χ0n) is 15.8. The standard InChI is InChI=1S/C20H20FN3O4S/c1-14(25)15-6-7-19(16(21)12-15)29-13-20(26)23-10-8-22(9-11-23)17-4-2-3-5-18(17)24(27)28/h2-7,12H,8-11,13H2,1H3. The second-order valence-electron chi connectivity index (χ2n) is 6.60. The van der Waals surface area contributed by atoms with Crippen molar-refractivity contribution in [2.45, 2.75) is 11.8 Å². The maximum absolute atomic E-state index is 14.1. The number of piperazine rings is 1. The van der Waals surface area contributed by atoms with Gasteiger partial charge in [-0.2, -0.15) is 0 Å². The van der Waals surface area contributed by atoms with Crippen molar-refractivity contribution < 1.29 is 18.9 Å². The van der Waals surface area contributed by atoms with Crippen molar-refractivity contribution in [3.63, 3.8) is 0 Å². The van der Waals surface area contributed by atoms with Gasteiger partial charge in [-0.1, -0.05) is 18.2 Å². The molecule has 0 unspecified atom stereocenters. The van der Waals surface area contributed by atoms with Crippen LogP contribution in [0.1, 0.15) is 17.3 Å². The Balaban J connectivity index is 1.56. The number of benzene rings is 2. The fourth-order valence-corrected chi connectivity index (χ4v) is 3.97. The number of para-hydroxylation sites is 2. The van der Waals surface area contributed by atoms with Gasteiger partial charge in [0.2, 0.25) is 5.91 Å². The number of hydrogen-bond donors (Lipinski definition) is 0. The Bertz CT molecular complexity index is 945. The molecule has 29 heavy (non-hydrogen) atoms. The van der Waals surface area contributed by atoms with E-state index in [2.05, 4.69) is 0 Å². The second-order valence-corrected chi connectivity index (χ2v) is 7.62. The lowest BCUT2D eigenvalue weighted by molar-refractivity contribution is -0.384. The molecule has 1 amide bonds. The van der Waals surface area contributed by atoms with Crippen LogP contribution < -0.4 is 4.90 Å². The molecule has 0 N–H and O–H groups in total. The van der Waals surface area contributed by atoms with E-state index < -0.39 is 10.7 Å². The molecule has 0 aliphatic carbocycles. The van der Waals surface area contributed by atoms with Crippen LogP contribution in [0.15, 0.2) is 47.4 Å². The van der Waals surface area contributed by atoms with Gasteiger partial charge in [-0.15, -0.1) is 11.8 Å². The fraction of sp³-hybridized carbons (Fsp3) is 0.300. The summed E-state index contributed by atoms with van der Waals surface area (Å²) in [4.78, 5) is 38.5. The van der Waals surface area contributed by atoms with Gasteiger partial charge in [0.1, 0.15) is 11.5 Å². The molecule has 0 spiro atoms. The van der Waals surface area contributed by atoms with Gasteiger partial charge < -0.3 is 9.80 Å². The lowest BCUT2D eigenvalue weighted by Gasteiger charge is -2.35. The number of nitro benzene ring substituents is 1. The molecule has 1 aliphatic rings. The number of ketones is 1. The molecule has 0 atom stereocenters. The van der Waals surface area contributed by atoms with Crippen molar-refractivity contribution in [1.29, 1.82) is 0 Å². The summed E-state index contributed by atoms with van der Waals surface area (Å²) in [7, 11) is 0. The van der Waals surface area contributed by atoms with Gasteiger partial charge in [-0.05, 0) is 25.1 Å². The maximum atomic E-state index is 14.1. The highest BCUT2D eigenvalue weighted by Gasteiger charge is 2.25. The number of amides is 1. The quantitative estimate of drug-likeness (QED) is 0.310. The van der Waals surface area contributed by atoms with Crippen LogP contribution in [0.5, 0.6) is 0 Å². The largest absolute Gasteiger partial charge is 0.362 e. The number of Topliss-reactive ketones (excluding diaryl/α,β-unsaturated/α-hetero) is 1. The van der Waals surface area contributed by atoms with E-state index in [0.717, 1.165) is 11.8 Å². The molecule has 0 aromatic heterocycles. The van der Waals surface area contributed by atoms with Crippen LogP contribution in [0.3, 0.4) is 0 Å². The predicted octanol–water partition coefficient (Wildman–Crippen LogP) is 3.38. The number of carbonyl (C=O) groups excluding carboxylic acids is 2. The summed E-state index contributed by atoms with van der Waals surface area (Å²) in [6.45, 7) is 3.23. The first kappa shape index (κ1) is 20.8. The Kier molecular flexibility index (Phi) is 6.48. The minimum absolute atomic E-state index is 0.0484. The van der Waals surface area contributed by atoms with Crippen molar-refractivity contribution in [2.75, 3.05) is 36.8 Å². The Labute approximate surface area is 171 Å². The minimum atomic E-state index is -0.517. The highest BCUT2D eigenvalue weighted by molar-refractivity contribution is 8.00. The Morgan fingerprint density at radius 2 is 1.83 bits per heavy atom. The van der Waals surface area contributed by atoms with Crippen LogP contribution >= 0.6 is 11.8 Å². The number of nitro groups is 1. The molecular weight excluding hydrogens is 397 g/mol. The number of rotatable bonds is 6. The van der Waals surface area contributed by atoms with Gasteiger partial charge in [-0.3, -0.25) is 19.7 Å². The molecule has 0 saturated carbocycles. The van der Waals surface area contributed by atoms with E-state index in [9.17, 15) is 24.1 Å². The van der Waals surface area contributed by atoms with Crippen LogP contribution in [-0.4, -0.2) is 53.4 Å². The van der Waals surface area contributed by atoms with Crippen LogP contribution in [0, 0.1) is 15.9 Å². The zero-order valence-corrected chi connectivity index (χ0v) is 16.7. The molecular formula is C20H20FN3O4S. The van der Waals surface area contributed by atoms with E-state index in [1.165, 1.54) is 25.1 Å². The van der Waals surface area contributed by atoms with E-state index in [1.807, 2.05) is 4.90 Å². The highest BCUT2D eigenvalue weighted by atomic mass is 32.2. The molecule has 1 heterocycles. The third kappa shape index (κ3) is 4.92. The first-order valence-electron chi connectivity index (χ1n) is 9.06. The lowest BCUT2D eigenvalue weighted by atomic mass is 10.1. The third-order valence-corrected chi connectivity index (χ3v) is 5.77. The molecule has 3 rings (SSSR count). The van der Waals surface area contributed by atoms with Gasteiger partial charge in [0.15, 0.2) is 5.78 Å². The smallest absolute Gasteiger partial charge is 0.292 e. The summed E-state index contributed by atoms with van der Waals surface area (Å²) in [5.74, 6) is -0.765. The average Bonchev–Trinajstić information content (AvgIpc) is 2.72. The van der Waals surface area contributed by atoms with Gasteiger partial charge >= 0.3 is 0 Å². The molecule has 152 valence electrons. The second kappa shape index (κ2) is 9.04. The number of thioether (sulfide) groups is 1. The Hall–Kier alpha value is -2.94. The minimum Gasteiger partial charge on any atom is -0.362 e. The van der Waals surface area contributed by atoms with Crippen LogP contribution in [0.25, 0.3) is 0 Å². The number of halogens is 1. The van der Waals surface area contributed by atoms with Crippen molar-refractivity contribution in [2.24, 2.45) is 0 Å². The van der Waals surface area contributed by atoms with E-state index in [4.69, 9.17) is 0 Å². The normalized spacial score (nSPS) is 14.0. The fourth-order valence-electron chi connectivity index (χ4n) is 3.15. The van der Waals surface area contributed by atoms with Crippen molar-refractivity contribution in [1.82, 2.24) is 4.90 Å². The summed E-state index contributed by atoms with van der Waals surface area (Å²) >= 11 is 1.09. The molecule has 7 nitrogen and oxygen atoms in total. The molecule has 9 heteroatoms. The molecule has 2 aromatic rings. The van der Waals surface area contributed by atoms with Crippen molar-refractivity contribution in [3.05, 3.63) is 64.0 Å². The lowest BCUT2D eigenvalue weighted by Crippen LogP contribution is -2.49. The van der Waals surface area contributed by atoms with Crippen molar-refractivity contribution >= 4 is 34.8 Å². The van der Waals surface area contributed by atoms with Crippen LogP contribution in [-0.2, 0) is 4.79 Å². The molecule has 0 bridgehead atoms. The van der Waals surface area contributed by atoms with E-state index >= 15 is 0 Å². The average molecular weight is 417 g/mol. The van der Waals surface area contributed by atoms with Gasteiger partial charge in [0.25, 0.3) is 5.69 Å². The zero-order chi connectivity index (χ0) is 21.0. The predicted molar refractivity (Wildman–Crippen MR) is 109 cm³/mol. The van der Waals surface area contributed by atoms with Gasteiger partial charge in [0.05, 0.1) is 10.7 Å². The number of hydrogen-bond acceptors (Lipinski definition) is 6. The monoisotopic (exact) mass is 417 g/mol. The third-order valence-electron chi connectivity index (χ3n) is 4.74. The topological polar surface area (TPSA) is 83.8 Å². The number of anilines is 1. The molecule has 1 saturated heterocycles. The first-order chi connectivity index (χ1) is 13.9. The summed E-state index contributed by atoms with van der Waals surface area (Å²) in [6, 6.07) is 10.8. The van der Waals surface area contributed by atoms with Gasteiger partial charge in [0, 0.05) is 42.7 Å². The summed E-state index contributed by atoms with van der Waals surface area (Å²) < 4.78 is 14.1. The van der Waals surface area contributed by atoms with Crippen molar-refractivity contribution in [3.8, 4) is 0 Å². The van der Waals surface area contributed by atoms with E-state index in [1.54, 1.807) is 29.2 Å². The molecule has 1 aliphatic heterocycles. The van der Waals surface area contributed by atoms with Crippen LogP contribution in [0.4, 0.5) is 15.8 Å². The summed E-state index contributed by atoms with van der Waals surface area (Å²) in [6.07, 6.45) is 0. The van der Waals surface area contributed by atoms with E-state index in [-0.39, 0.29) is 23.1 Å². The SMILES string of the molecule is CC(=O)c1ccc(SCC(=O)N2CCN(c3ccccc3[N+](=O)[O-])CC2)c(F)c1. The number of carbonyl (C=O) groups is 2. The molecule has 1 fully saturated rings. The van der Waals surface area contributed by atoms with Crippen LogP contribution in [0.2, 0.25) is 0 Å². The van der Waals surface area contributed by atoms with Gasteiger partial charge in [-0.25, -0.2) is 4.39 Å². The highest BCUT2D eigenvalue weighted by Crippen LogP contribution is 2.29. The number of nitrogens with zero attached hydrogens (tertiary/aromatic N) is 3. The summed E-state index contributed by atoms with van der Waals surface area (Å²) in [5, 5.41) is 11.2. The summed E-state index contributed by atoms with van der Waals surface area (Å²) in [5.41, 5.74) is 0.892. The Morgan fingerprint density at radius 1 is 1.14 bits per heavy atom. The first-order valence-corrected chi connectivity index (χ1v) is 10.0. The van der Waals surface area contributed by atoms with E-state index in [0.29, 0.717) is 42.3 Å². The molecule has 2 aromatic carbocycles. The Morgan fingerprint density at radius 3 is 2.45 bits per heavy atom. The molecule has 0 radical (unpaired) electrons. The maximum Gasteiger partial charge on any atom is 0.292 e.